The number of amides is 1. The van der Waals surface area contributed by atoms with Gasteiger partial charge in [0.1, 0.15) is 0 Å². The van der Waals surface area contributed by atoms with Crippen molar-refractivity contribution >= 4 is 46.5 Å². The van der Waals surface area contributed by atoms with Gasteiger partial charge in [0.2, 0.25) is 5.91 Å². The number of carbonyl (C=O) groups is 1. The van der Waals surface area contributed by atoms with Crippen LogP contribution in [0.5, 0.6) is 0 Å². The molecule has 0 aliphatic rings. The van der Waals surface area contributed by atoms with E-state index in [0.29, 0.717) is 27.4 Å². The summed E-state index contributed by atoms with van der Waals surface area (Å²) in [4.78, 5) is 12.0. The molecule has 0 atom stereocenters. The van der Waals surface area contributed by atoms with E-state index in [2.05, 4.69) is 20.6 Å². The second kappa shape index (κ2) is 8.28. The molecule has 0 saturated carbocycles. The molecular weight excluding hydrogens is 395 g/mol. The highest BCUT2D eigenvalue weighted by atomic mass is 35.5. The summed E-state index contributed by atoms with van der Waals surface area (Å²) in [5, 5.41) is 16.9. The highest BCUT2D eigenvalue weighted by Gasteiger charge is 2.12. The van der Waals surface area contributed by atoms with Crippen molar-refractivity contribution < 1.29 is 4.79 Å². The SMILES string of the molecule is Cc1cc(C)n(CCCNC(=O)CSc2nnc3c(Cl)cc(Cl)cn23)n1. The van der Waals surface area contributed by atoms with Gasteiger partial charge >= 0.3 is 0 Å². The first-order valence-corrected chi connectivity index (χ1v) is 9.78. The number of nitrogens with zero attached hydrogens (tertiary/aromatic N) is 5. The molecule has 0 spiro atoms. The molecule has 0 aromatic carbocycles. The van der Waals surface area contributed by atoms with Crippen LogP contribution in [0.1, 0.15) is 17.8 Å². The van der Waals surface area contributed by atoms with Crippen LogP contribution in [-0.4, -0.2) is 42.6 Å². The van der Waals surface area contributed by atoms with Crippen LogP contribution in [0.4, 0.5) is 0 Å². The highest BCUT2D eigenvalue weighted by molar-refractivity contribution is 7.99. The zero-order valence-electron chi connectivity index (χ0n) is 14.4. The van der Waals surface area contributed by atoms with Crippen molar-refractivity contribution in [2.24, 2.45) is 0 Å². The van der Waals surface area contributed by atoms with E-state index in [4.69, 9.17) is 23.2 Å². The monoisotopic (exact) mass is 412 g/mol. The van der Waals surface area contributed by atoms with E-state index < -0.39 is 0 Å². The third-order valence-electron chi connectivity index (χ3n) is 3.70. The van der Waals surface area contributed by atoms with Gasteiger partial charge in [-0.1, -0.05) is 35.0 Å². The minimum atomic E-state index is -0.0618. The van der Waals surface area contributed by atoms with Crippen LogP contribution in [0.25, 0.3) is 5.65 Å². The molecule has 3 rings (SSSR count). The number of aryl methyl sites for hydroxylation is 3. The van der Waals surface area contributed by atoms with Crippen molar-refractivity contribution in [3.63, 3.8) is 0 Å². The summed E-state index contributed by atoms with van der Waals surface area (Å²) in [6, 6.07) is 3.65. The summed E-state index contributed by atoms with van der Waals surface area (Å²) in [5.41, 5.74) is 2.65. The van der Waals surface area contributed by atoms with Gasteiger partial charge in [0.05, 0.1) is 21.5 Å². The average molecular weight is 413 g/mol. The molecule has 0 aliphatic heterocycles. The van der Waals surface area contributed by atoms with Crippen molar-refractivity contribution in [1.82, 2.24) is 29.7 Å². The third kappa shape index (κ3) is 4.49. The van der Waals surface area contributed by atoms with E-state index in [-0.39, 0.29) is 11.7 Å². The van der Waals surface area contributed by atoms with E-state index in [1.54, 1.807) is 16.7 Å². The van der Waals surface area contributed by atoms with Crippen molar-refractivity contribution in [3.8, 4) is 0 Å². The first-order valence-electron chi connectivity index (χ1n) is 8.04. The fourth-order valence-corrected chi connectivity index (χ4v) is 3.79. The van der Waals surface area contributed by atoms with Crippen molar-refractivity contribution in [3.05, 3.63) is 39.8 Å². The molecule has 0 unspecified atom stereocenters. The summed E-state index contributed by atoms with van der Waals surface area (Å²) in [7, 11) is 0. The standard InChI is InChI=1S/C16H18Cl2N6OS/c1-10-6-11(2)24(22-10)5-3-4-19-14(25)9-26-16-21-20-15-13(18)7-12(17)8-23(15)16/h6-8H,3-5,9H2,1-2H3,(H,19,25). The molecule has 3 heterocycles. The summed E-state index contributed by atoms with van der Waals surface area (Å²) in [6.07, 6.45) is 2.49. The fourth-order valence-electron chi connectivity index (χ4n) is 2.54. The Morgan fingerprint density at radius 1 is 1.27 bits per heavy atom. The Morgan fingerprint density at radius 2 is 2.08 bits per heavy atom. The Hall–Kier alpha value is -1.77. The molecule has 3 aromatic heterocycles. The Kier molecular flexibility index (Phi) is 6.05. The van der Waals surface area contributed by atoms with Gasteiger partial charge in [-0.3, -0.25) is 13.9 Å². The maximum absolute atomic E-state index is 12.0. The van der Waals surface area contributed by atoms with Crippen LogP contribution in [0.15, 0.2) is 23.5 Å². The number of hydrogen-bond acceptors (Lipinski definition) is 5. The van der Waals surface area contributed by atoms with Crippen LogP contribution in [0.3, 0.4) is 0 Å². The molecule has 1 amide bonds. The topological polar surface area (TPSA) is 77.1 Å². The number of hydrogen-bond donors (Lipinski definition) is 1. The van der Waals surface area contributed by atoms with Gasteiger partial charge in [0.15, 0.2) is 10.8 Å². The lowest BCUT2D eigenvalue weighted by Gasteiger charge is -2.06. The molecule has 0 saturated heterocycles. The molecule has 10 heteroatoms. The van der Waals surface area contributed by atoms with Gasteiger partial charge in [-0.05, 0) is 32.4 Å². The van der Waals surface area contributed by atoms with Crippen LogP contribution >= 0.6 is 35.0 Å². The van der Waals surface area contributed by atoms with Gasteiger partial charge in [-0.2, -0.15) is 5.10 Å². The minimum Gasteiger partial charge on any atom is -0.355 e. The van der Waals surface area contributed by atoms with Gasteiger partial charge in [0.25, 0.3) is 0 Å². The maximum atomic E-state index is 12.0. The fraction of sp³-hybridized carbons (Fsp3) is 0.375. The molecule has 1 N–H and O–H groups in total. The molecule has 0 fully saturated rings. The van der Waals surface area contributed by atoms with Gasteiger partial charge in [-0.15, -0.1) is 10.2 Å². The van der Waals surface area contributed by atoms with Crippen LogP contribution < -0.4 is 5.32 Å². The number of rotatable bonds is 7. The molecule has 26 heavy (non-hydrogen) atoms. The van der Waals surface area contributed by atoms with Crippen molar-refractivity contribution in [1.29, 1.82) is 0 Å². The molecule has 0 radical (unpaired) electrons. The second-order valence-electron chi connectivity index (χ2n) is 5.82. The number of fused-ring (bicyclic) bond motifs is 1. The van der Waals surface area contributed by atoms with Gasteiger partial charge < -0.3 is 5.32 Å². The maximum Gasteiger partial charge on any atom is 0.230 e. The lowest BCUT2D eigenvalue weighted by Crippen LogP contribution is -2.27. The number of aromatic nitrogens is 5. The van der Waals surface area contributed by atoms with Crippen molar-refractivity contribution in [2.45, 2.75) is 32.0 Å². The summed E-state index contributed by atoms with van der Waals surface area (Å²) in [5.74, 6) is 0.179. The summed E-state index contributed by atoms with van der Waals surface area (Å²) in [6.45, 7) is 5.36. The molecule has 0 bridgehead atoms. The van der Waals surface area contributed by atoms with Crippen LogP contribution in [0, 0.1) is 13.8 Å². The average Bonchev–Trinajstić information content (AvgIpc) is 3.12. The minimum absolute atomic E-state index is 0.0618. The van der Waals surface area contributed by atoms with Gasteiger partial charge in [-0.25, -0.2) is 0 Å². The largest absolute Gasteiger partial charge is 0.355 e. The summed E-state index contributed by atoms with van der Waals surface area (Å²) < 4.78 is 3.64. The zero-order valence-corrected chi connectivity index (χ0v) is 16.7. The Morgan fingerprint density at radius 3 is 2.81 bits per heavy atom. The number of pyridine rings is 1. The van der Waals surface area contributed by atoms with E-state index in [1.807, 2.05) is 24.6 Å². The molecule has 0 aliphatic carbocycles. The predicted octanol–water partition coefficient (Wildman–Crippen LogP) is 3.15. The smallest absolute Gasteiger partial charge is 0.230 e. The Bertz CT molecular complexity index is 938. The van der Waals surface area contributed by atoms with Crippen LogP contribution in [-0.2, 0) is 11.3 Å². The zero-order chi connectivity index (χ0) is 18.7. The number of nitrogens with one attached hydrogen (secondary N) is 1. The van der Waals surface area contributed by atoms with Gasteiger partial charge in [0, 0.05) is 25.0 Å². The lowest BCUT2D eigenvalue weighted by atomic mass is 10.4. The van der Waals surface area contributed by atoms with Crippen LogP contribution in [0.2, 0.25) is 10.0 Å². The first-order chi connectivity index (χ1) is 12.4. The molecular formula is C16H18Cl2N6OS. The lowest BCUT2D eigenvalue weighted by molar-refractivity contribution is -0.118. The molecule has 3 aromatic rings. The van der Waals surface area contributed by atoms with E-state index in [9.17, 15) is 4.79 Å². The number of thioether (sulfide) groups is 1. The van der Waals surface area contributed by atoms with E-state index in [1.165, 1.54) is 11.8 Å². The van der Waals surface area contributed by atoms with E-state index in [0.717, 1.165) is 24.4 Å². The quantitative estimate of drug-likeness (QED) is 0.476. The second-order valence-corrected chi connectivity index (χ2v) is 7.61. The third-order valence-corrected chi connectivity index (χ3v) is 5.13. The predicted molar refractivity (Wildman–Crippen MR) is 103 cm³/mol. The number of halogens is 2. The van der Waals surface area contributed by atoms with E-state index >= 15 is 0 Å². The first kappa shape index (κ1) is 19.0. The van der Waals surface area contributed by atoms with Crippen molar-refractivity contribution in [2.75, 3.05) is 12.3 Å². The number of carbonyl (C=O) groups excluding carboxylic acids is 1. The Balaban J connectivity index is 1.46. The molecule has 138 valence electrons. The molecule has 7 nitrogen and oxygen atoms in total. The Labute approximate surface area is 165 Å². The summed E-state index contributed by atoms with van der Waals surface area (Å²) >= 11 is 13.4. The normalized spacial score (nSPS) is 11.2. The highest BCUT2D eigenvalue weighted by Crippen LogP contribution is 2.25.